The molecule has 0 saturated carbocycles. The van der Waals surface area contributed by atoms with Gasteiger partial charge in [-0.2, -0.15) is 18.3 Å². The maximum absolute atomic E-state index is 13.1. The summed E-state index contributed by atoms with van der Waals surface area (Å²) in [6, 6.07) is 14.9. The molecule has 0 aliphatic carbocycles. The monoisotopic (exact) mass is 458 g/mol. The second-order valence-electron chi connectivity index (χ2n) is 8.07. The van der Waals surface area contributed by atoms with Crippen LogP contribution in [0.25, 0.3) is 5.69 Å². The summed E-state index contributed by atoms with van der Waals surface area (Å²) in [5.74, 6) is -0.217. The lowest BCUT2D eigenvalue weighted by molar-refractivity contribution is -0.137. The van der Waals surface area contributed by atoms with E-state index >= 15 is 0 Å². The highest BCUT2D eigenvalue weighted by Gasteiger charge is 2.31. The SMILES string of the molecule is COc1cn(-c2cccc(C(F)(F)F)c2)nc1C(=O)NC1CCCN(Cc2ccccc2)C1. The largest absolute Gasteiger partial charge is 0.493 e. The predicted octanol–water partition coefficient (Wildman–Crippen LogP) is 4.29. The van der Waals surface area contributed by atoms with E-state index in [2.05, 4.69) is 27.4 Å². The number of piperidine rings is 1. The van der Waals surface area contributed by atoms with Gasteiger partial charge in [0, 0.05) is 19.1 Å². The Kier molecular flexibility index (Phi) is 6.69. The van der Waals surface area contributed by atoms with E-state index in [1.54, 1.807) is 0 Å². The molecule has 1 aromatic heterocycles. The molecule has 1 saturated heterocycles. The number of aromatic nitrogens is 2. The molecule has 174 valence electrons. The average molecular weight is 458 g/mol. The summed E-state index contributed by atoms with van der Waals surface area (Å²) in [6.07, 6.45) is -1.27. The number of nitrogens with one attached hydrogen (secondary N) is 1. The van der Waals surface area contributed by atoms with Crippen LogP contribution in [0.15, 0.2) is 60.8 Å². The molecule has 1 unspecified atom stereocenters. The topological polar surface area (TPSA) is 59.4 Å². The zero-order chi connectivity index (χ0) is 23.4. The van der Waals surface area contributed by atoms with Gasteiger partial charge in [0.25, 0.3) is 5.91 Å². The standard InChI is InChI=1S/C24H25F3N4O2/c1-33-21-16-31(20-11-5-9-18(13-20)24(25,26)27)29-22(21)23(32)28-19-10-6-12-30(15-19)14-17-7-3-2-4-8-17/h2-5,7-9,11,13,16,19H,6,10,12,14-15H2,1H3,(H,28,32). The Morgan fingerprint density at radius 1 is 1.18 bits per heavy atom. The van der Waals surface area contributed by atoms with Gasteiger partial charge in [-0.3, -0.25) is 9.69 Å². The van der Waals surface area contributed by atoms with Crippen molar-refractivity contribution in [2.45, 2.75) is 31.6 Å². The molecule has 33 heavy (non-hydrogen) atoms. The molecule has 1 atom stereocenters. The van der Waals surface area contributed by atoms with Crippen LogP contribution >= 0.6 is 0 Å². The first-order valence-electron chi connectivity index (χ1n) is 10.7. The van der Waals surface area contributed by atoms with Crippen LogP contribution in [0.4, 0.5) is 13.2 Å². The Hall–Kier alpha value is -3.33. The minimum atomic E-state index is -4.47. The number of benzene rings is 2. The molecule has 3 aromatic rings. The summed E-state index contributed by atoms with van der Waals surface area (Å²) >= 11 is 0. The summed E-state index contributed by atoms with van der Waals surface area (Å²) in [4.78, 5) is 15.3. The molecule has 1 aliphatic rings. The van der Waals surface area contributed by atoms with Crippen molar-refractivity contribution in [1.29, 1.82) is 0 Å². The maximum atomic E-state index is 13.1. The highest BCUT2D eigenvalue weighted by molar-refractivity contribution is 5.95. The molecule has 0 radical (unpaired) electrons. The number of carbonyl (C=O) groups excluding carboxylic acids is 1. The number of carbonyl (C=O) groups is 1. The van der Waals surface area contributed by atoms with E-state index in [-0.39, 0.29) is 23.2 Å². The molecular weight excluding hydrogens is 433 g/mol. The summed E-state index contributed by atoms with van der Waals surface area (Å²) in [7, 11) is 1.40. The lowest BCUT2D eigenvalue weighted by Crippen LogP contribution is -2.47. The van der Waals surface area contributed by atoms with Crippen molar-refractivity contribution in [2.24, 2.45) is 0 Å². The number of hydrogen-bond acceptors (Lipinski definition) is 4. The van der Waals surface area contributed by atoms with Gasteiger partial charge in [-0.1, -0.05) is 36.4 Å². The number of amides is 1. The van der Waals surface area contributed by atoms with Gasteiger partial charge in [0.15, 0.2) is 11.4 Å². The summed E-state index contributed by atoms with van der Waals surface area (Å²) in [5, 5.41) is 7.23. The Morgan fingerprint density at radius 3 is 2.70 bits per heavy atom. The second-order valence-corrected chi connectivity index (χ2v) is 8.07. The fraction of sp³-hybridized carbons (Fsp3) is 0.333. The van der Waals surface area contributed by atoms with Crippen molar-refractivity contribution in [3.63, 3.8) is 0 Å². The third-order valence-electron chi connectivity index (χ3n) is 5.64. The van der Waals surface area contributed by atoms with Crippen LogP contribution in [0.5, 0.6) is 5.75 Å². The average Bonchev–Trinajstić information content (AvgIpc) is 3.24. The zero-order valence-electron chi connectivity index (χ0n) is 18.2. The van der Waals surface area contributed by atoms with Gasteiger partial charge in [0.1, 0.15) is 0 Å². The Morgan fingerprint density at radius 2 is 1.97 bits per heavy atom. The van der Waals surface area contributed by atoms with Gasteiger partial charge in [-0.25, -0.2) is 4.68 Å². The van der Waals surface area contributed by atoms with Crippen LogP contribution in [-0.2, 0) is 12.7 Å². The molecule has 2 aromatic carbocycles. The van der Waals surface area contributed by atoms with E-state index in [9.17, 15) is 18.0 Å². The van der Waals surface area contributed by atoms with Crippen LogP contribution in [0.2, 0.25) is 0 Å². The first kappa shape index (κ1) is 22.8. The number of likely N-dealkylation sites (tertiary alicyclic amines) is 1. The van der Waals surface area contributed by atoms with Crippen LogP contribution in [-0.4, -0.2) is 46.8 Å². The summed E-state index contributed by atoms with van der Waals surface area (Å²) in [5.41, 5.74) is 0.649. The van der Waals surface area contributed by atoms with Crippen molar-refractivity contribution in [2.75, 3.05) is 20.2 Å². The molecular formula is C24H25F3N4O2. The van der Waals surface area contributed by atoms with Gasteiger partial charge in [-0.05, 0) is 43.1 Å². The highest BCUT2D eigenvalue weighted by Crippen LogP contribution is 2.31. The van der Waals surface area contributed by atoms with Gasteiger partial charge >= 0.3 is 6.18 Å². The van der Waals surface area contributed by atoms with E-state index in [1.165, 1.54) is 35.7 Å². The minimum Gasteiger partial charge on any atom is -0.493 e. The predicted molar refractivity (Wildman–Crippen MR) is 117 cm³/mol. The lowest BCUT2D eigenvalue weighted by Gasteiger charge is -2.33. The quantitative estimate of drug-likeness (QED) is 0.599. The zero-order valence-corrected chi connectivity index (χ0v) is 18.2. The molecule has 0 spiro atoms. The Balaban J connectivity index is 1.47. The number of hydrogen-bond donors (Lipinski definition) is 1. The van der Waals surface area contributed by atoms with E-state index in [0.29, 0.717) is 6.54 Å². The van der Waals surface area contributed by atoms with Crippen LogP contribution < -0.4 is 10.1 Å². The van der Waals surface area contributed by atoms with Gasteiger partial charge in [0.2, 0.25) is 0 Å². The van der Waals surface area contributed by atoms with E-state index in [4.69, 9.17) is 4.74 Å². The number of methoxy groups -OCH3 is 1. The first-order chi connectivity index (χ1) is 15.8. The summed E-state index contributed by atoms with van der Waals surface area (Å²) < 4.78 is 45.7. The molecule has 1 amide bonds. The maximum Gasteiger partial charge on any atom is 0.416 e. The second kappa shape index (κ2) is 9.66. The van der Waals surface area contributed by atoms with E-state index in [1.807, 2.05) is 18.2 Å². The van der Waals surface area contributed by atoms with E-state index in [0.717, 1.165) is 38.1 Å². The Labute approximate surface area is 190 Å². The smallest absolute Gasteiger partial charge is 0.416 e. The molecule has 6 nitrogen and oxygen atoms in total. The van der Waals surface area contributed by atoms with Crippen molar-refractivity contribution in [1.82, 2.24) is 20.0 Å². The number of alkyl halides is 3. The molecule has 9 heteroatoms. The third kappa shape index (κ3) is 5.54. The highest BCUT2D eigenvalue weighted by atomic mass is 19.4. The van der Waals surface area contributed by atoms with Gasteiger partial charge in [0.05, 0.1) is 24.6 Å². The van der Waals surface area contributed by atoms with Gasteiger partial charge < -0.3 is 10.1 Å². The van der Waals surface area contributed by atoms with Crippen molar-refractivity contribution >= 4 is 5.91 Å². The molecule has 1 N–H and O–H groups in total. The van der Waals surface area contributed by atoms with Crippen molar-refractivity contribution in [3.8, 4) is 11.4 Å². The molecule has 1 aliphatic heterocycles. The fourth-order valence-electron chi connectivity index (χ4n) is 4.03. The van der Waals surface area contributed by atoms with Crippen molar-refractivity contribution in [3.05, 3.63) is 77.6 Å². The normalized spacial score (nSPS) is 17.0. The number of ether oxygens (including phenoxy) is 1. The fourth-order valence-corrected chi connectivity index (χ4v) is 4.03. The van der Waals surface area contributed by atoms with Crippen LogP contribution in [0, 0.1) is 0 Å². The molecule has 2 heterocycles. The van der Waals surface area contributed by atoms with Crippen LogP contribution in [0.3, 0.4) is 0 Å². The summed E-state index contributed by atoms with van der Waals surface area (Å²) in [6.45, 7) is 2.47. The van der Waals surface area contributed by atoms with E-state index < -0.39 is 17.6 Å². The number of rotatable bonds is 6. The molecule has 1 fully saturated rings. The first-order valence-corrected chi connectivity index (χ1v) is 10.7. The molecule has 0 bridgehead atoms. The third-order valence-corrected chi connectivity index (χ3v) is 5.64. The van der Waals surface area contributed by atoms with Crippen molar-refractivity contribution < 1.29 is 22.7 Å². The van der Waals surface area contributed by atoms with Gasteiger partial charge in [-0.15, -0.1) is 0 Å². The minimum absolute atomic E-state index is 0.0371. The number of nitrogens with zero attached hydrogens (tertiary/aromatic N) is 3. The van der Waals surface area contributed by atoms with Crippen LogP contribution in [0.1, 0.15) is 34.5 Å². The molecule has 4 rings (SSSR count). The lowest BCUT2D eigenvalue weighted by atomic mass is 10.0. The number of halogens is 3. The Bertz CT molecular complexity index is 1100.